The minimum atomic E-state index is -0.426. The van der Waals surface area contributed by atoms with Crippen LogP contribution in [-0.4, -0.2) is 29.6 Å². The first-order valence-electron chi connectivity index (χ1n) is 8.21. The maximum absolute atomic E-state index is 12.3. The average Bonchev–Trinajstić information content (AvgIpc) is 3.28. The van der Waals surface area contributed by atoms with Gasteiger partial charge in [0.1, 0.15) is 12.4 Å². The lowest BCUT2D eigenvalue weighted by Crippen LogP contribution is -2.19. The van der Waals surface area contributed by atoms with Crippen LogP contribution in [0.4, 0.5) is 16.3 Å². The van der Waals surface area contributed by atoms with E-state index in [0.717, 1.165) is 10.9 Å². The molecule has 1 aliphatic rings. The number of carbonyl (C=O) groups excluding carboxylic acids is 1. The van der Waals surface area contributed by atoms with Crippen molar-refractivity contribution in [3.05, 3.63) is 36.4 Å². The summed E-state index contributed by atoms with van der Waals surface area (Å²) in [6.45, 7) is 2.23. The number of urea groups is 1. The van der Waals surface area contributed by atoms with Gasteiger partial charge in [-0.3, -0.25) is 10.4 Å². The van der Waals surface area contributed by atoms with E-state index in [1.165, 1.54) is 0 Å². The topological polar surface area (TPSA) is 97.5 Å². The van der Waals surface area contributed by atoms with E-state index in [2.05, 4.69) is 32.7 Å². The van der Waals surface area contributed by atoms with E-state index in [1.54, 1.807) is 31.2 Å². The number of aromatic amines is 1. The summed E-state index contributed by atoms with van der Waals surface area (Å²) in [7, 11) is 0. The summed E-state index contributed by atoms with van der Waals surface area (Å²) in [5.41, 5.74) is 1.36. The highest BCUT2D eigenvalue weighted by Gasteiger charge is 2.15. The van der Waals surface area contributed by atoms with Crippen LogP contribution in [0.15, 0.2) is 36.4 Å². The van der Waals surface area contributed by atoms with E-state index in [1.807, 2.05) is 12.1 Å². The molecule has 1 aromatic heterocycles. The normalized spacial score (nSPS) is 11.6. The molecule has 136 valence electrons. The molecule has 8 nitrogen and oxygen atoms in total. The Morgan fingerprint density at radius 3 is 3.00 bits per heavy atom. The molecule has 2 aromatic carbocycles. The molecule has 27 heavy (non-hydrogen) atoms. The predicted molar refractivity (Wildman–Crippen MR) is 100 cm³/mol. The van der Waals surface area contributed by atoms with Crippen LogP contribution < -0.4 is 24.8 Å². The number of nitrogens with one attached hydrogen (secondary N) is 3. The summed E-state index contributed by atoms with van der Waals surface area (Å²) >= 11 is 0. The first-order chi connectivity index (χ1) is 13.2. The second-order valence-corrected chi connectivity index (χ2v) is 5.64. The second kappa shape index (κ2) is 7.17. The summed E-state index contributed by atoms with van der Waals surface area (Å²) in [4.78, 5) is 12.3. The SMILES string of the molecule is CC#CCOc1ccc2[nH]nc(NC(=O)Nc3ccc4c(c3)OCO4)c2c1. The fraction of sp³-hybridized carbons (Fsp3) is 0.158. The molecule has 3 aromatic rings. The largest absolute Gasteiger partial charge is 0.481 e. The number of fused-ring (bicyclic) bond motifs is 2. The summed E-state index contributed by atoms with van der Waals surface area (Å²) in [5, 5.41) is 13.2. The lowest BCUT2D eigenvalue weighted by Gasteiger charge is -2.07. The number of nitrogens with zero attached hydrogens (tertiary/aromatic N) is 1. The Morgan fingerprint density at radius 1 is 1.22 bits per heavy atom. The van der Waals surface area contributed by atoms with Crippen LogP contribution in [0.1, 0.15) is 6.92 Å². The standard InChI is InChI=1S/C19H16N4O4/c1-2-3-8-25-13-5-6-15-14(10-13)18(23-22-15)21-19(24)20-12-4-7-16-17(9-12)27-11-26-16/h4-7,9-10H,8,11H2,1H3,(H3,20,21,22,23,24). The van der Waals surface area contributed by atoms with Gasteiger partial charge in [-0.2, -0.15) is 5.10 Å². The molecule has 0 spiro atoms. The van der Waals surface area contributed by atoms with E-state index in [4.69, 9.17) is 14.2 Å². The van der Waals surface area contributed by atoms with Crippen molar-refractivity contribution >= 4 is 28.4 Å². The first kappa shape index (κ1) is 16.6. The lowest BCUT2D eigenvalue weighted by molar-refractivity contribution is 0.174. The number of aromatic nitrogens is 2. The second-order valence-electron chi connectivity index (χ2n) is 5.64. The zero-order chi connectivity index (χ0) is 18.6. The Morgan fingerprint density at radius 2 is 2.11 bits per heavy atom. The van der Waals surface area contributed by atoms with Crippen molar-refractivity contribution in [3.63, 3.8) is 0 Å². The number of benzene rings is 2. The quantitative estimate of drug-likeness (QED) is 0.617. The molecule has 0 bridgehead atoms. The van der Waals surface area contributed by atoms with Gasteiger partial charge in [-0.05, 0) is 37.3 Å². The van der Waals surface area contributed by atoms with Gasteiger partial charge in [0.2, 0.25) is 6.79 Å². The first-order valence-corrected chi connectivity index (χ1v) is 8.21. The molecule has 0 unspecified atom stereocenters. The molecule has 0 fully saturated rings. The van der Waals surface area contributed by atoms with Gasteiger partial charge in [0, 0.05) is 17.1 Å². The Balaban J connectivity index is 1.47. The number of H-pyrrole nitrogens is 1. The molecule has 8 heteroatoms. The Hall–Kier alpha value is -3.86. The molecule has 0 saturated carbocycles. The number of hydrogen-bond acceptors (Lipinski definition) is 5. The van der Waals surface area contributed by atoms with Crippen molar-refractivity contribution in [2.75, 3.05) is 24.0 Å². The van der Waals surface area contributed by atoms with Gasteiger partial charge in [-0.25, -0.2) is 4.79 Å². The third kappa shape index (κ3) is 3.57. The molecule has 0 atom stereocenters. The number of hydrogen-bond donors (Lipinski definition) is 3. The minimum Gasteiger partial charge on any atom is -0.481 e. The Labute approximate surface area is 154 Å². The summed E-state index contributed by atoms with van der Waals surface area (Å²) in [5.74, 6) is 7.89. The highest BCUT2D eigenvalue weighted by atomic mass is 16.7. The Bertz CT molecular complexity index is 1060. The minimum absolute atomic E-state index is 0.179. The molecule has 3 N–H and O–H groups in total. The number of carbonyl (C=O) groups is 1. The molecule has 4 rings (SSSR count). The van der Waals surface area contributed by atoms with Gasteiger partial charge in [0.05, 0.1) is 5.52 Å². The van der Waals surface area contributed by atoms with Crippen molar-refractivity contribution in [3.8, 4) is 29.1 Å². The zero-order valence-corrected chi connectivity index (χ0v) is 14.5. The molecule has 1 aliphatic heterocycles. The van der Waals surface area contributed by atoms with Crippen LogP contribution in [-0.2, 0) is 0 Å². The van der Waals surface area contributed by atoms with Crippen LogP contribution in [0.2, 0.25) is 0 Å². The van der Waals surface area contributed by atoms with Crippen molar-refractivity contribution in [1.82, 2.24) is 10.2 Å². The van der Waals surface area contributed by atoms with Crippen LogP contribution in [0.3, 0.4) is 0 Å². The van der Waals surface area contributed by atoms with Gasteiger partial charge in [0.25, 0.3) is 0 Å². The van der Waals surface area contributed by atoms with Crippen LogP contribution in [0.5, 0.6) is 17.2 Å². The molecular weight excluding hydrogens is 348 g/mol. The maximum atomic E-state index is 12.3. The van der Waals surface area contributed by atoms with Crippen LogP contribution >= 0.6 is 0 Å². The van der Waals surface area contributed by atoms with E-state index >= 15 is 0 Å². The van der Waals surface area contributed by atoms with Gasteiger partial charge in [0.15, 0.2) is 17.3 Å². The molecule has 0 saturated heterocycles. The van der Waals surface area contributed by atoms with E-state index in [9.17, 15) is 4.79 Å². The molecule has 0 radical (unpaired) electrons. The van der Waals surface area contributed by atoms with E-state index in [-0.39, 0.29) is 6.79 Å². The van der Waals surface area contributed by atoms with Crippen molar-refractivity contribution < 1.29 is 19.0 Å². The van der Waals surface area contributed by atoms with Crippen LogP contribution in [0.25, 0.3) is 10.9 Å². The van der Waals surface area contributed by atoms with Gasteiger partial charge < -0.3 is 19.5 Å². The molecule has 2 amide bonds. The number of amides is 2. The van der Waals surface area contributed by atoms with Crippen molar-refractivity contribution in [1.29, 1.82) is 0 Å². The third-order valence-corrected chi connectivity index (χ3v) is 3.88. The molecular formula is C19H16N4O4. The van der Waals surface area contributed by atoms with Gasteiger partial charge in [-0.15, -0.1) is 5.92 Å². The molecule has 2 heterocycles. The monoisotopic (exact) mass is 364 g/mol. The lowest BCUT2D eigenvalue weighted by atomic mass is 10.2. The highest BCUT2D eigenvalue weighted by molar-refractivity contribution is 6.04. The highest BCUT2D eigenvalue weighted by Crippen LogP contribution is 2.34. The molecule has 0 aliphatic carbocycles. The van der Waals surface area contributed by atoms with Gasteiger partial charge >= 0.3 is 6.03 Å². The van der Waals surface area contributed by atoms with Crippen LogP contribution in [0, 0.1) is 11.8 Å². The smallest absolute Gasteiger partial charge is 0.324 e. The number of rotatable bonds is 4. The summed E-state index contributed by atoms with van der Waals surface area (Å²) in [6, 6.07) is 10.2. The van der Waals surface area contributed by atoms with Crippen molar-refractivity contribution in [2.24, 2.45) is 0 Å². The number of anilines is 2. The fourth-order valence-electron chi connectivity index (χ4n) is 2.61. The predicted octanol–water partition coefficient (Wildman–Crippen LogP) is 3.34. The van der Waals surface area contributed by atoms with E-state index in [0.29, 0.717) is 35.4 Å². The number of ether oxygens (including phenoxy) is 3. The third-order valence-electron chi connectivity index (χ3n) is 3.88. The van der Waals surface area contributed by atoms with Crippen molar-refractivity contribution in [2.45, 2.75) is 6.92 Å². The fourth-order valence-corrected chi connectivity index (χ4v) is 2.61. The Kier molecular flexibility index (Phi) is 4.41. The zero-order valence-electron chi connectivity index (χ0n) is 14.5. The average molecular weight is 364 g/mol. The summed E-state index contributed by atoms with van der Waals surface area (Å²) < 4.78 is 16.1. The van der Waals surface area contributed by atoms with Gasteiger partial charge in [-0.1, -0.05) is 5.92 Å². The summed E-state index contributed by atoms with van der Waals surface area (Å²) in [6.07, 6.45) is 0. The van der Waals surface area contributed by atoms with E-state index < -0.39 is 6.03 Å². The maximum Gasteiger partial charge on any atom is 0.324 e.